The summed E-state index contributed by atoms with van der Waals surface area (Å²) in [6.45, 7) is 0. The normalized spacial score (nSPS) is 12.8. The maximum atomic E-state index is 10.7. The van der Waals surface area contributed by atoms with Gasteiger partial charge in [0.2, 0.25) is 0 Å². The molecule has 0 bridgehead atoms. The number of aliphatic carboxylic acids is 1. The molecule has 0 radical (unpaired) electrons. The number of rotatable bonds is 4. The maximum Gasteiger partial charge on any atom is 0.324 e. The van der Waals surface area contributed by atoms with Crippen molar-refractivity contribution < 1.29 is 9.90 Å². The lowest BCUT2D eigenvalue weighted by Gasteiger charge is -2.18. The Morgan fingerprint density at radius 3 is 2.36 bits per heavy atom. The lowest BCUT2D eigenvalue weighted by molar-refractivity contribution is -0.143. The first kappa shape index (κ1) is 10.6. The average Bonchev–Trinajstić information content (AvgIpc) is 2.15. The molecular formula is C9H13N3O2. The van der Waals surface area contributed by atoms with Crippen LogP contribution in [0.1, 0.15) is 5.56 Å². The summed E-state index contributed by atoms with van der Waals surface area (Å²) < 4.78 is 0. The molecule has 1 aromatic rings. The Morgan fingerprint density at radius 1 is 1.36 bits per heavy atom. The highest BCUT2D eigenvalue weighted by molar-refractivity contribution is 5.73. The molecule has 0 aliphatic rings. The van der Waals surface area contributed by atoms with E-state index in [0.29, 0.717) is 6.42 Å². The van der Waals surface area contributed by atoms with E-state index >= 15 is 0 Å². The summed E-state index contributed by atoms with van der Waals surface area (Å²) in [6.07, 6.45) is 0.295. The van der Waals surface area contributed by atoms with Gasteiger partial charge < -0.3 is 5.11 Å². The fraction of sp³-hybridized carbons (Fsp3) is 0.222. The Labute approximate surface area is 81.9 Å². The van der Waals surface area contributed by atoms with Crippen LogP contribution in [0.4, 0.5) is 0 Å². The van der Waals surface area contributed by atoms with Gasteiger partial charge >= 0.3 is 5.97 Å². The number of hydrogen-bond acceptors (Lipinski definition) is 4. The van der Waals surface area contributed by atoms with Crippen LogP contribution in [0.3, 0.4) is 0 Å². The van der Waals surface area contributed by atoms with Crippen molar-refractivity contribution >= 4 is 5.97 Å². The zero-order valence-corrected chi connectivity index (χ0v) is 7.63. The first-order chi connectivity index (χ1) is 6.61. The number of hydrogen-bond donors (Lipinski definition) is 3. The minimum Gasteiger partial charge on any atom is -0.480 e. The van der Waals surface area contributed by atoms with Crippen molar-refractivity contribution in [1.29, 1.82) is 0 Å². The molecule has 0 spiro atoms. The molecule has 0 saturated heterocycles. The van der Waals surface area contributed by atoms with Crippen LogP contribution in [0.5, 0.6) is 0 Å². The van der Waals surface area contributed by atoms with E-state index in [1.165, 1.54) is 0 Å². The third-order valence-corrected chi connectivity index (χ3v) is 1.92. The van der Waals surface area contributed by atoms with Crippen LogP contribution in [-0.4, -0.2) is 22.2 Å². The summed E-state index contributed by atoms with van der Waals surface area (Å²) in [4.78, 5) is 10.7. The molecule has 0 aliphatic carbocycles. The van der Waals surface area contributed by atoms with Gasteiger partial charge in [0.1, 0.15) is 6.04 Å². The zero-order chi connectivity index (χ0) is 10.6. The summed E-state index contributed by atoms with van der Waals surface area (Å²) in [6, 6.07) is 8.32. The van der Waals surface area contributed by atoms with E-state index < -0.39 is 12.0 Å². The van der Waals surface area contributed by atoms with Crippen molar-refractivity contribution in [1.82, 2.24) is 5.12 Å². The van der Waals surface area contributed by atoms with Crippen LogP contribution in [0.25, 0.3) is 0 Å². The van der Waals surface area contributed by atoms with Crippen molar-refractivity contribution in [3.8, 4) is 0 Å². The monoisotopic (exact) mass is 195 g/mol. The van der Waals surface area contributed by atoms with Crippen LogP contribution < -0.4 is 11.7 Å². The van der Waals surface area contributed by atoms with Crippen molar-refractivity contribution in [3.05, 3.63) is 35.9 Å². The number of nitrogens with two attached hydrogens (primary N) is 2. The summed E-state index contributed by atoms with van der Waals surface area (Å²) in [5.41, 5.74) is 0.890. The Kier molecular flexibility index (Phi) is 3.58. The Morgan fingerprint density at radius 2 is 1.93 bits per heavy atom. The smallest absolute Gasteiger partial charge is 0.324 e. The molecule has 14 heavy (non-hydrogen) atoms. The van der Waals surface area contributed by atoms with Gasteiger partial charge in [-0.1, -0.05) is 30.3 Å². The first-order valence-corrected chi connectivity index (χ1v) is 4.16. The van der Waals surface area contributed by atoms with E-state index in [4.69, 9.17) is 16.8 Å². The third kappa shape index (κ3) is 2.81. The van der Waals surface area contributed by atoms with Gasteiger partial charge in [0.15, 0.2) is 0 Å². The van der Waals surface area contributed by atoms with Gasteiger partial charge in [-0.2, -0.15) is 5.12 Å². The van der Waals surface area contributed by atoms with Crippen molar-refractivity contribution in [3.63, 3.8) is 0 Å². The summed E-state index contributed by atoms with van der Waals surface area (Å²) in [5.74, 6) is 9.40. The van der Waals surface area contributed by atoms with Crippen LogP contribution in [0.15, 0.2) is 30.3 Å². The van der Waals surface area contributed by atoms with E-state index in [1.807, 2.05) is 30.3 Å². The minimum atomic E-state index is -1.03. The highest BCUT2D eigenvalue weighted by Crippen LogP contribution is 2.04. The Hall–Kier alpha value is -1.43. The first-order valence-electron chi connectivity index (χ1n) is 4.16. The van der Waals surface area contributed by atoms with Gasteiger partial charge in [0.05, 0.1) is 0 Å². The van der Waals surface area contributed by atoms with Crippen molar-refractivity contribution in [2.75, 3.05) is 0 Å². The second-order valence-corrected chi connectivity index (χ2v) is 2.99. The second kappa shape index (κ2) is 4.71. The Bertz CT molecular complexity index is 300. The molecule has 5 heteroatoms. The van der Waals surface area contributed by atoms with E-state index in [0.717, 1.165) is 10.7 Å². The predicted octanol–water partition coefficient (Wildman–Crippen LogP) is -0.268. The molecular weight excluding hydrogens is 182 g/mol. The number of carbonyl (C=O) groups is 1. The molecule has 0 aromatic heterocycles. The molecule has 0 saturated carbocycles. The molecule has 5 N–H and O–H groups in total. The van der Waals surface area contributed by atoms with Crippen LogP contribution in [0.2, 0.25) is 0 Å². The van der Waals surface area contributed by atoms with Gasteiger partial charge in [-0.3, -0.25) is 16.5 Å². The number of hydrazine groups is 2. The lowest BCUT2D eigenvalue weighted by atomic mass is 10.1. The molecule has 5 nitrogen and oxygen atoms in total. The highest BCUT2D eigenvalue weighted by atomic mass is 16.4. The summed E-state index contributed by atoms with van der Waals surface area (Å²) in [7, 11) is 0. The van der Waals surface area contributed by atoms with Crippen LogP contribution in [-0.2, 0) is 11.2 Å². The quantitative estimate of drug-likeness (QED) is 0.454. The van der Waals surface area contributed by atoms with E-state index in [2.05, 4.69) is 0 Å². The summed E-state index contributed by atoms with van der Waals surface area (Å²) >= 11 is 0. The van der Waals surface area contributed by atoms with Crippen LogP contribution >= 0.6 is 0 Å². The average molecular weight is 195 g/mol. The molecule has 1 rings (SSSR count). The maximum absolute atomic E-state index is 10.7. The second-order valence-electron chi connectivity index (χ2n) is 2.99. The minimum absolute atomic E-state index is 0.295. The van der Waals surface area contributed by atoms with E-state index in [-0.39, 0.29) is 0 Å². The standard InChI is InChI=1S/C9H13N3O2/c10-12(11)8(9(13)14)6-7-4-2-1-3-5-7/h1-5,8H,6,10-11H2,(H,13,14). The van der Waals surface area contributed by atoms with E-state index in [9.17, 15) is 4.79 Å². The molecule has 0 aliphatic heterocycles. The predicted molar refractivity (Wildman–Crippen MR) is 51.8 cm³/mol. The van der Waals surface area contributed by atoms with Gasteiger partial charge in [-0.15, -0.1) is 0 Å². The Balaban J connectivity index is 2.70. The summed E-state index contributed by atoms with van der Waals surface area (Å²) in [5, 5.41) is 9.52. The third-order valence-electron chi connectivity index (χ3n) is 1.92. The molecule has 0 fully saturated rings. The number of nitrogens with zero attached hydrogens (tertiary/aromatic N) is 1. The van der Waals surface area contributed by atoms with Gasteiger partial charge in [0, 0.05) is 6.42 Å². The molecule has 0 heterocycles. The molecule has 76 valence electrons. The molecule has 1 unspecified atom stereocenters. The topological polar surface area (TPSA) is 92.6 Å². The van der Waals surface area contributed by atoms with E-state index in [1.54, 1.807) is 0 Å². The zero-order valence-electron chi connectivity index (χ0n) is 7.63. The van der Waals surface area contributed by atoms with Crippen molar-refractivity contribution in [2.24, 2.45) is 11.7 Å². The van der Waals surface area contributed by atoms with Gasteiger partial charge in [0.25, 0.3) is 0 Å². The van der Waals surface area contributed by atoms with Gasteiger partial charge in [-0.25, -0.2) is 0 Å². The van der Waals surface area contributed by atoms with Crippen molar-refractivity contribution in [2.45, 2.75) is 12.5 Å². The molecule has 0 amide bonds. The lowest BCUT2D eigenvalue weighted by Crippen LogP contribution is -2.51. The van der Waals surface area contributed by atoms with Crippen LogP contribution in [0, 0.1) is 0 Å². The SMILES string of the molecule is NN(N)C(Cc1ccccc1)C(=O)O. The number of benzene rings is 1. The number of carboxylic acid groups (broad SMARTS) is 1. The van der Waals surface area contributed by atoms with Gasteiger partial charge in [-0.05, 0) is 5.56 Å². The fourth-order valence-corrected chi connectivity index (χ4v) is 1.16. The number of carboxylic acids is 1. The fourth-order valence-electron chi connectivity index (χ4n) is 1.16. The highest BCUT2D eigenvalue weighted by Gasteiger charge is 2.21. The largest absolute Gasteiger partial charge is 0.480 e. The molecule has 1 atom stereocenters. The molecule has 1 aromatic carbocycles.